The number of unbranched alkanes of at least 4 members (excludes halogenated alkanes) is 3. The van der Waals surface area contributed by atoms with E-state index in [-0.39, 0.29) is 0 Å². The van der Waals surface area contributed by atoms with Crippen LogP contribution in [0.15, 0.2) is 12.2 Å². The predicted octanol–water partition coefficient (Wildman–Crippen LogP) is 3.69. The van der Waals surface area contributed by atoms with Gasteiger partial charge in [0, 0.05) is 6.08 Å². The number of hydrogen-bond acceptors (Lipinski definition) is 0. The Morgan fingerprint density at radius 3 is 2.27 bits per heavy atom. The van der Waals surface area contributed by atoms with E-state index in [1.54, 1.807) is 0 Å². The molecule has 0 bridgehead atoms. The molecule has 0 aromatic carbocycles. The molecule has 0 spiro atoms. The summed E-state index contributed by atoms with van der Waals surface area (Å²) >= 11 is 0. The van der Waals surface area contributed by atoms with Gasteiger partial charge in [-0.1, -0.05) is 25.8 Å². The number of rotatable bonds is 4. The van der Waals surface area contributed by atoms with Crippen LogP contribution in [0.2, 0.25) is 0 Å². The Kier molecular flexibility index (Phi) is 4.99. The van der Waals surface area contributed by atoms with E-state index in [0.29, 0.717) is 12.5 Å². The minimum Gasteiger partial charge on any atom is -0.167 e. The lowest BCUT2D eigenvalue weighted by atomic mass is 10.2. The molecule has 0 aromatic rings. The summed E-state index contributed by atoms with van der Waals surface area (Å²) in [5, 5.41) is 0. The highest BCUT2D eigenvalue weighted by Crippen LogP contribution is 2.16. The third kappa shape index (κ3) is 9.53. The zero-order chi connectivity index (χ0) is 8.74. The van der Waals surface area contributed by atoms with Crippen molar-refractivity contribution in [1.82, 2.24) is 0 Å². The Hall–Kier alpha value is -0.470. The molecule has 0 radical (unpaired) electrons. The molecule has 0 heterocycles. The first kappa shape index (κ1) is 10.5. The molecule has 66 valence electrons. The summed E-state index contributed by atoms with van der Waals surface area (Å²) < 4.78 is 34.4. The lowest BCUT2D eigenvalue weighted by molar-refractivity contribution is -0.0800. The second-order valence-corrected chi connectivity index (χ2v) is 2.44. The van der Waals surface area contributed by atoms with Gasteiger partial charge in [-0.25, -0.2) is 0 Å². The summed E-state index contributed by atoms with van der Waals surface area (Å²) in [6, 6.07) is 0. The fourth-order valence-corrected chi connectivity index (χ4v) is 0.729. The van der Waals surface area contributed by atoms with Crippen molar-refractivity contribution in [3.05, 3.63) is 12.2 Å². The molecule has 0 atom stereocenters. The smallest absolute Gasteiger partial charge is 0.167 e. The molecule has 0 aliphatic heterocycles. The van der Waals surface area contributed by atoms with Crippen LogP contribution < -0.4 is 0 Å². The van der Waals surface area contributed by atoms with Crippen molar-refractivity contribution in [2.45, 2.75) is 38.8 Å². The van der Waals surface area contributed by atoms with Crippen LogP contribution in [-0.2, 0) is 0 Å². The van der Waals surface area contributed by atoms with Crippen LogP contribution in [0.3, 0.4) is 0 Å². The molecular formula is C8H13F3. The lowest BCUT2D eigenvalue weighted by Crippen LogP contribution is -2.00. The lowest BCUT2D eigenvalue weighted by Gasteiger charge is -1.96. The Labute approximate surface area is 65.1 Å². The highest BCUT2D eigenvalue weighted by molar-refractivity contribution is 4.88. The molecule has 0 nitrogen and oxygen atoms in total. The molecule has 0 fully saturated rings. The van der Waals surface area contributed by atoms with E-state index in [9.17, 15) is 13.2 Å². The highest BCUT2D eigenvalue weighted by atomic mass is 19.4. The molecule has 0 saturated heterocycles. The Morgan fingerprint density at radius 1 is 1.18 bits per heavy atom. The van der Waals surface area contributed by atoms with Crippen molar-refractivity contribution < 1.29 is 13.2 Å². The molecule has 0 amide bonds. The van der Waals surface area contributed by atoms with Crippen molar-refractivity contribution in [1.29, 1.82) is 0 Å². The second-order valence-electron chi connectivity index (χ2n) is 2.44. The Bertz CT molecular complexity index is 113. The van der Waals surface area contributed by atoms with Gasteiger partial charge in [0.25, 0.3) is 0 Å². The van der Waals surface area contributed by atoms with Crippen LogP contribution in [-0.4, -0.2) is 6.18 Å². The summed E-state index contributed by atoms with van der Waals surface area (Å²) in [5.74, 6) is 0. The molecular weight excluding hydrogens is 153 g/mol. The van der Waals surface area contributed by atoms with Crippen LogP contribution in [0.25, 0.3) is 0 Å². The van der Waals surface area contributed by atoms with Crippen LogP contribution >= 0.6 is 0 Å². The standard InChI is InChI=1S/C8H13F3/c1-2-3-4-5-6-7-8(9,10)11/h6-7H,2-5H2,1H3/b7-6+. The third-order valence-corrected chi connectivity index (χ3v) is 1.28. The van der Waals surface area contributed by atoms with E-state index >= 15 is 0 Å². The van der Waals surface area contributed by atoms with Crippen molar-refractivity contribution in [3.8, 4) is 0 Å². The molecule has 0 aromatic heterocycles. The summed E-state index contributed by atoms with van der Waals surface area (Å²) in [7, 11) is 0. The van der Waals surface area contributed by atoms with Crippen molar-refractivity contribution in [3.63, 3.8) is 0 Å². The Balaban J connectivity index is 3.30. The van der Waals surface area contributed by atoms with Gasteiger partial charge in [0.05, 0.1) is 0 Å². The van der Waals surface area contributed by atoms with Crippen LogP contribution in [0.4, 0.5) is 13.2 Å². The van der Waals surface area contributed by atoms with Gasteiger partial charge in [-0.3, -0.25) is 0 Å². The first-order chi connectivity index (χ1) is 5.06. The molecule has 0 N–H and O–H groups in total. The maximum atomic E-state index is 11.5. The molecule has 11 heavy (non-hydrogen) atoms. The quantitative estimate of drug-likeness (QED) is 0.441. The molecule has 0 unspecified atom stereocenters. The first-order valence-corrected chi connectivity index (χ1v) is 3.80. The van der Waals surface area contributed by atoms with Gasteiger partial charge in [0.1, 0.15) is 0 Å². The number of hydrogen-bond donors (Lipinski definition) is 0. The average Bonchev–Trinajstić information content (AvgIpc) is 1.85. The van der Waals surface area contributed by atoms with E-state index in [2.05, 4.69) is 0 Å². The van der Waals surface area contributed by atoms with E-state index in [4.69, 9.17) is 0 Å². The molecule has 0 aliphatic carbocycles. The number of halogens is 3. The molecule has 3 heteroatoms. The maximum Gasteiger partial charge on any atom is 0.409 e. The van der Waals surface area contributed by atoms with Gasteiger partial charge in [0.15, 0.2) is 0 Å². The van der Waals surface area contributed by atoms with Gasteiger partial charge < -0.3 is 0 Å². The monoisotopic (exact) mass is 166 g/mol. The minimum atomic E-state index is -4.13. The fourth-order valence-electron chi connectivity index (χ4n) is 0.729. The van der Waals surface area contributed by atoms with Crippen LogP contribution in [0.1, 0.15) is 32.6 Å². The summed E-state index contributed by atoms with van der Waals surface area (Å²) in [5.41, 5.74) is 0. The van der Waals surface area contributed by atoms with Crippen molar-refractivity contribution in [2.75, 3.05) is 0 Å². The van der Waals surface area contributed by atoms with Gasteiger partial charge in [-0.05, 0) is 12.8 Å². The SMILES string of the molecule is CCCCC/C=C/C(F)(F)F. The normalized spacial score (nSPS) is 12.7. The largest absolute Gasteiger partial charge is 0.409 e. The minimum absolute atomic E-state index is 0.308. The fraction of sp³-hybridized carbons (Fsp3) is 0.750. The predicted molar refractivity (Wildman–Crippen MR) is 39.3 cm³/mol. The molecule has 0 rings (SSSR count). The Morgan fingerprint density at radius 2 is 1.82 bits per heavy atom. The van der Waals surface area contributed by atoms with Gasteiger partial charge in [0.2, 0.25) is 0 Å². The first-order valence-electron chi connectivity index (χ1n) is 3.80. The van der Waals surface area contributed by atoms with E-state index in [1.165, 1.54) is 6.08 Å². The number of alkyl halides is 3. The second kappa shape index (κ2) is 5.22. The van der Waals surface area contributed by atoms with E-state index in [0.717, 1.165) is 19.3 Å². The third-order valence-electron chi connectivity index (χ3n) is 1.28. The maximum absolute atomic E-state index is 11.5. The zero-order valence-corrected chi connectivity index (χ0v) is 6.62. The van der Waals surface area contributed by atoms with Crippen molar-refractivity contribution in [2.24, 2.45) is 0 Å². The summed E-state index contributed by atoms with van der Waals surface area (Å²) in [4.78, 5) is 0. The van der Waals surface area contributed by atoms with Gasteiger partial charge >= 0.3 is 6.18 Å². The van der Waals surface area contributed by atoms with Crippen LogP contribution in [0, 0.1) is 0 Å². The highest BCUT2D eigenvalue weighted by Gasteiger charge is 2.21. The van der Waals surface area contributed by atoms with E-state index < -0.39 is 6.18 Å². The van der Waals surface area contributed by atoms with Crippen molar-refractivity contribution >= 4 is 0 Å². The topological polar surface area (TPSA) is 0 Å². The van der Waals surface area contributed by atoms with Gasteiger partial charge in [-0.2, -0.15) is 13.2 Å². The summed E-state index contributed by atoms with van der Waals surface area (Å²) in [6.45, 7) is 2.02. The average molecular weight is 166 g/mol. The zero-order valence-electron chi connectivity index (χ0n) is 6.62. The van der Waals surface area contributed by atoms with Gasteiger partial charge in [-0.15, -0.1) is 0 Å². The molecule has 0 saturated carbocycles. The summed E-state index contributed by atoms with van der Waals surface area (Å²) in [6.07, 6.45) is 0.795. The number of allylic oxidation sites excluding steroid dienone is 2. The molecule has 0 aliphatic rings. The van der Waals surface area contributed by atoms with Crippen LogP contribution in [0.5, 0.6) is 0 Å². The van der Waals surface area contributed by atoms with E-state index in [1.807, 2.05) is 6.92 Å².